The van der Waals surface area contributed by atoms with Gasteiger partial charge in [-0.05, 0) is 100 Å². The fraction of sp³-hybridized carbons (Fsp3) is 0.385. The highest BCUT2D eigenvalue weighted by atomic mass is 16.6. The Labute approximate surface area is 251 Å². The van der Waals surface area contributed by atoms with E-state index in [0.717, 1.165) is 51.6 Å². The molecule has 4 aromatic carbocycles. The summed E-state index contributed by atoms with van der Waals surface area (Å²) >= 11 is 0. The number of allylic oxidation sites excluding steroid dienone is 2. The molecule has 12 atom stereocenters. The Bertz CT molecular complexity index is 1710. The second kappa shape index (κ2) is 8.81. The Hall–Kier alpha value is -3.92. The van der Waals surface area contributed by atoms with Gasteiger partial charge in [0.05, 0.1) is 11.1 Å². The first-order valence-corrected chi connectivity index (χ1v) is 16.2. The second-order valence-electron chi connectivity index (χ2n) is 14.2. The van der Waals surface area contributed by atoms with Gasteiger partial charge in [0.15, 0.2) is 0 Å². The number of carbonyl (C=O) groups is 2. The summed E-state index contributed by atoms with van der Waals surface area (Å²) in [7, 11) is 0. The van der Waals surface area contributed by atoms with E-state index in [0.29, 0.717) is 34.8 Å². The van der Waals surface area contributed by atoms with Crippen LogP contribution >= 0.6 is 0 Å². The Kier molecular flexibility index (Phi) is 5.02. The third kappa shape index (κ3) is 3.27. The molecule has 0 saturated heterocycles. The molecule has 0 heterocycles. The number of esters is 2. The summed E-state index contributed by atoms with van der Waals surface area (Å²) in [6.07, 6.45) is 7.80. The number of rotatable bonds is 4. The van der Waals surface area contributed by atoms with Crippen LogP contribution in [0.3, 0.4) is 0 Å². The van der Waals surface area contributed by atoms with Crippen molar-refractivity contribution in [2.75, 3.05) is 0 Å². The van der Waals surface area contributed by atoms with E-state index in [1.165, 1.54) is 12.8 Å². The first kappa shape index (κ1) is 24.5. The van der Waals surface area contributed by atoms with Crippen LogP contribution < -0.4 is 0 Å². The zero-order valence-corrected chi connectivity index (χ0v) is 23.9. The predicted molar refractivity (Wildman–Crippen MR) is 164 cm³/mol. The van der Waals surface area contributed by atoms with Gasteiger partial charge >= 0.3 is 11.9 Å². The molecule has 0 aliphatic heterocycles. The van der Waals surface area contributed by atoms with E-state index < -0.39 is 12.2 Å². The molecule has 214 valence electrons. The lowest BCUT2D eigenvalue weighted by Crippen LogP contribution is -2.51. The fourth-order valence-corrected chi connectivity index (χ4v) is 11.6. The van der Waals surface area contributed by atoms with Crippen LogP contribution in [0.5, 0.6) is 0 Å². The highest BCUT2D eigenvalue weighted by Crippen LogP contribution is 2.76. The van der Waals surface area contributed by atoms with Crippen molar-refractivity contribution in [3.05, 3.63) is 108 Å². The molecule has 0 aromatic heterocycles. The van der Waals surface area contributed by atoms with Crippen molar-refractivity contribution in [3.63, 3.8) is 0 Å². The van der Waals surface area contributed by atoms with Crippen LogP contribution in [0.25, 0.3) is 21.5 Å². The van der Waals surface area contributed by atoms with Crippen LogP contribution in [0, 0.1) is 59.2 Å². The summed E-state index contributed by atoms with van der Waals surface area (Å²) in [5.74, 6) is 5.52. The Balaban J connectivity index is 1.02. The summed E-state index contributed by atoms with van der Waals surface area (Å²) in [5, 5.41) is 3.84. The zero-order chi connectivity index (χ0) is 28.4. The second-order valence-corrected chi connectivity index (χ2v) is 14.2. The molecule has 4 heteroatoms. The molecule has 10 rings (SSSR count). The molecule has 6 bridgehead atoms. The number of hydrogen-bond donors (Lipinski definition) is 0. The van der Waals surface area contributed by atoms with Gasteiger partial charge in [-0.3, -0.25) is 0 Å². The first-order chi connectivity index (χ1) is 21.2. The maximum atomic E-state index is 13.9. The molecule has 43 heavy (non-hydrogen) atoms. The fourth-order valence-electron chi connectivity index (χ4n) is 11.6. The molecule has 0 spiro atoms. The summed E-state index contributed by atoms with van der Waals surface area (Å²) in [6.45, 7) is 0. The molecular weight excluding hydrogens is 532 g/mol. The minimum atomic E-state index is -0.413. The average molecular weight is 567 g/mol. The molecule has 4 nitrogen and oxygen atoms in total. The summed E-state index contributed by atoms with van der Waals surface area (Å²) < 4.78 is 13.1. The van der Waals surface area contributed by atoms with E-state index in [1.54, 1.807) is 0 Å². The highest BCUT2D eigenvalue weighted by molar-refractivity contribution is 6.05. The van der Waals surface area contributed by atoms with E-state index in [2.05, 4.69) is 12.2 Å². The SMILES string of the molecule is O=C(OC1C2CC(C1OC(=O)c1cccc3ccccc13)C1C3CC(C4C5C=CC(C5)C34)C21)c1cccc2ccccc12. The number of fused-ring (bicyclic) bond motifs is 18. The van der Waals surface area contributed by atoms with Gasteiger partial charge in [0.1, 0.15) is 12.2 Å². The number of benzene rings is 4. The van der Waals surface area contributed by atoms with Gasteiger partial charge in [0.2, 0.25) is 0 Å². The predicted octanol–water partition coefficient (Wildman–Crippen LogP) is 7.71. The van der Waals surface area contributed by atoms with E-state index in [4.69, 9.17) is 9.47 Å². The topological polar surface area (TPSA) is 52.6 Å². The van der Waals surface area contributed by atoms with Gasteiger partial charge in [-0.25, -0.2) is 9.59 Å². The maximum Gasteiger partial charge on any atom is 0.339 e. The number of hydrogen-bond acceptors (Lipinski definition) is 4. The summed E-state index contributed by atoms with van der Waals surface area (Å²) in [4.78, 5) is 27.9. The highest BCUT2D eigenvalue weighted by Gasteiger charge is 2.74. The quantitative estimate of drug-likeness (QED) is 0.144. The van der Waals surface area contributed by atoms with Gasteiger partial charge in [-0.15, -0.1) is 0 Å². The van der Waals surface area contributed by atoms with E-state index >= 15 is 0 Å². The van der Waals surface area contributed by atoms with E-state index in [1.807, 2.05) is 84.9 Å². The molecule has 6 aliphatic rings. The third-order valence-electron chi connectivity index (χ3n) is 12.8. The molecule has 6 aliphatic carbocycles. The van der Waals surface area contributed by atoms with Crippen LogP contribution in [0.15, 0.2) is 97.1 Å². The van der Waals surface area contributed by atoms with Crippen molar-refractivity contribution in [2.24, 2.45) is 59.2 Å². The monoisotopic (exact) mass is 566 g/mol. The van der Waals surface area contributed by atoms with Gasteiger partial charge in [0.25, 0.3) is 0 Å². The molecule has 12 unspecified atom stereocenters. The van der Waals surface area contributed by atoms with Crippen LogP contribution in [-0.4, -0.2) is 24.1 Å². The molecule has 0 N–H and O–H groups in total. The maximum absolute atomic E-state index is 13.9. The van der Waals surface area contributed by atoms with Gasteiger partial charge in [-0.1, -0.05) is 84.9 Å². The molecule has 0 radical (unpaired) electrons. The lowest BCUT2D eigenvalue weighted by Gasteiger charge is -2.47. The van der Waals surface area contributed by atoms with Crippen molar-refractivity contribution in [2.45, 2.75) is 31.5 Å². The molecule has 0 amide bonds. The summed E-state index contributed by atoms with van der Waals surface area (Å²) in [5.41, 5.74) is 1.17. The smallest absolute Gasteiger partial charge is 0.339 e. The van der Waals surface area contributed by atoms with Gasteiger partial charge < -0.3 is 9.47 Å². The van der Waals surface area contributed by atoms with Crippen LogP contribution in [0.2, 0.25) is 0 Å². The Morgan fingerprint density at radius 1 is 0.488 bits per heavy atom. The van der Waals surface area contributed by atoms with Crippen molar-refractivity contribution >= 4 is 33.5 Å². The minimum absolute atomic E-state index is 0.248. The summed E-state index contributed by atoms with van der Waals surface area (Å²) in [6, 6.07) is 27.6. The molecule has 5 saturated carbocycles. The molecular formula is C39H34O4. The van der Waals surface area contributed by atoms with Crippen LogP contribution in [-0.2, 0) is 9.47 Å². The van der Waals surface area contributed by atoms with E-state index in [9.17, 15) is 9.59 Å². The lowest BCUT2D eigenvalue weighted by molar-refractivity contribution is -0.101. The number of carbonyl (C=O) groups excluding carboxylic acids is 2. The Morgan fingerprint density at radius 3 is 1.44 bits per heavy atom. The first-order valence-electron chi connectivity index (χ1n) is 16.2. The van der Waals surface area contributed by atoms with Crippen LogP contribution in [0.4, 0.5) is 0 Å². The zero-order valence-electron chi connectivity index (χ0n) is 23.9. The van der Waals surface area contributed by atoms with Crippen molar-refractivity contribution in [3.8, 4) is 0 Å². The third-order valence-corrected chi connectivity index (χ3v) is 12.8. The Morgan fingerprint density at radius 2 is 0.930 bits per heavy atom. The minimum Gasteiger partial charge on any atom is -0.454 e. The van der Waals surface area contributed by atoms with Gasteiger partial charge in [0, 0.05) is 11.8 Å². The molecule has 5 fully saturated rings. The van der Waals surface area contributed by atoms with E-state index in [-0.39, 0.29) is 23.8 Å². The van der Waals surface area contributed by atoms with Crippen molar-refractivity contribution in [1.29, 1.82) is 0 Å². The largest absolute Gasteiger partial charge is 0.454 e. The normalized spacial score (nSPS) is 39.0. The van der Waals surface area contributed by atoms with Gasteiger partial charge in [-0.2, -0.15) is 0 Å². The molecule has 4 aromatic rings. The lowest BCUT2D eigenvalue weighted by atomic mass is 9.60. The van der Waals surface area contributed by atoms with Crippen LogP contribution in [0.1, 0.15) is 40.0 Å². The van der Waals surface area contributed by atoms with Crippen molar-refractivity contribution in [1.82, 2.24) is 0 Å². The van der Waals surface area contributed by atoms with Crippen molar-refractivity contribution < 1.29 is 19.1 Å². The standard InChI is InChI=1S/C39H34O4/c40-38(26-13-5-9-20-7-1-3-11-24(20)26)42-36-30-19-31(35-29-18-28(34(30)35)32-22-15-16-23(17-22)33(29)32)37(36)43-39(41)27-14-6-10-21-8-2-4-12-25(21)27/h1-16,22-23,28-37H,17-19H2. The number of ether oxygens (including phenoxy) is 2. The average Bonchev–Trinajstić information content (AvgIpc) is 3.88.